The summed E-state index contributed by atoms with van der Waals surface area (Å²) in [5, 5.41) is 7.36. The number of nitrogens with zero attached hydrogens (tertiary/aromatic N) is 6. The van der Waals surface area contributed by atoms with Crippen molar-refractivity contribution < 1.29 is 4.79 Å². The van der Waals surface area contributed by atoms with Gasteiger partial charge in [-0.05, 0) is 50.5 Å². The number of hydrogen-bond acceptors (Lipinski definition) is 6. The number of nitrogens with one attached hydrogen (secondary N) is 1. The molecule has 1 N–H and O–H groups in total. The van der Waals surface area contributed by atoms with Crippen LogP contribution in [0.4, 0.5) is 11.6 Å². The van der Waals surface area contributed by atoms with Crippen LogP contribution in [0.3, 0.4) is 0 Å². The average Bonchev–Trinajstić information content (AvgIpc) is 3.17. The molecule has 30 heavy (non-hydrogen) atoms. The number of piperidine rings is 1. The maximum atomic E-state index is 13.0. The van der Waals surface area contributed by atoms with Gasteiger partial charge in [0.25, 0.3) is 0 Å². The summed E-state index contributed by atoms with van der Waals surface area (Å²) in [5.74, 6) is 2.03. The third-order valence-electron chi connectivity index (χ3n) is 5.13. The molecular weight excluding hydrogens is 378 g/mol. The standard InChI is InChI=1S/C22H25N7O/c1-16-15-20(26-19-8-3-5-12-23-19)27-22(25-16)18-7-4-6-14-29(18)21(30)10-9-17-11-13-24-28(17)2/h3,5,8-13,15,18H,4,6-7,14H2,1-2H3,(H,23,25,26,27)/b10-9+/t18-/m1/s1. The zero-order valence-corrected chi connectivity index (χ0v) is 17.2. The molecule has 1 aliphatic heterocycles. The van der Waals surface area contributed by atoms with E-state index in [1.165, 1.54) is 0 Å². The molecule has 3 aromatic heterocycles. The summed E-state index contributed by atoms with van der Waals surface area (Å²) >= 11 is 0. The monoisotopic (exact) mass is 403 g/mol. The lowest BCUT2D eigenvalue weighted by Crippen LogP contribution is -2.38. The molecule has 0 spiro atoms. The average molecular weight is 403 g/mol. The second-order valence-corrected chi connectivity index (χ2v) is 7.35. The summed E-state index contributed by atoms with van der Waals surface area (Å²) in [6.45, 7) is 2.63. The van der Waals surface area contributed by atoms with E-state index in [9.17, 15) is 4.79 Å². The van der Waals surface area contributed by atoms with E-state index < -0.39 is 0 Å². The Bertz CT molecular complexity index is 1040. The predicted molar refractivity (Wildman–Crippen MR) is 115 cm³/mol. The lowest BCUT2D eigenvalue weighted by atomic mass is 10.0. The smallest absolute Gasteiger partial charge is 0.247 e. The van der Waals surface area contributed by atoms with Crippen LogP contribution in [-0.4, -0.2) is 42.1 Å². The summed E-state index contributed by atoms with van der Waals surface area (Å²) in [5.41, 5.74) is 1.73. The number of carbonyl (C=O) groups excluding carboxylic acids is 1. The highest BCUT2D eigenvalue weighted by Gasteiger charge is 2.29. The quantitative estimate of drug-likeness (QED) is 0.657. The summed E-state index contributed by atoms with van der Waals surface area (Å²) < 4.78 is 1.73. The van der Waals surface area contributed by atoms with Gasteiger partial charge in [0, 0.05) is 43.8 Å². The van der Waals surface area contributed by atoms with E-state index in [0.717, 1.165) is 36.5 Å². The molecule has 0 aliphatic carbocycles. The highest BCUT2D eigenvalue weighted by molar-refractivity contribution is 5.91. The number of anilines is 2. The van der Waals surface area contributed by atoms with Crippen molar-refractivity contribution in [1.29, 1.82) is 0 Å². The zero-order chi connectivity index (χ0) is 20.9. The molecule has 0 bridgehead atoms. The fourth-order valence-corrected chi connectivity index (χ4v) is 3.64. The molecule has 8 nitrogen and oxygen atoms in total. The van der Waals surface area contributed by atoms with Crippen molar-refractivity contribution >= 4 is 23.6 Å². The first kappa shape index (κ1) is 19.8. The Morgan fingerprint density at radius 3 is 2.83 bits per heavy atom. The normalized spacial score (nSPS) is 16.7. The molecule has 1 amide bonds. The second kappa shape index (κ2) is 8.86. The molecule has 1 atom stereocenters. The molecule has 154 valence electrons. The van der Waals surface area contributed by atoms with Gasteiger partial charge in [-0.15, -0.1) is 0 Å². The minimum Gasteiger partial charge on any atom is -0.329 e. The van der Waals surface area contributed by atoms with E-state index >= 15 is 0 Å². The molecule has 1 fully saturated rings. The number of rotatable bonds is 5. The van der Waals surface area contributed by atoms with E-state index in [1.807, 2.05) is 49.2 Å². The Labute approximate surface area is 175 Å². The minimum absolute atomic E-state index is 0.0368. The van der Waals surface area contributed by atoms with E-state index in [1.54, 1.807) is 29.2 Å². The number of likely N-dealkylation sites (tertiary alicyclic amines) is 1. The van der Waals surface area contributed by atoms with Crippen molar-refractivity contribution in [1.82, 2.24) is 29.6 Å². The predicted octanol–water partition coefficient (Wildman–Crippen LogP) is 3.42. The SMILES string of the molecule is Cc1cc(Nc2ccccn2)nc([C@H]2CCCCN2C(=O)/C=C/c2ccnn2C)n1. The van der Waals surface area contributed by atoms with Crippen LogP contribution in [0.5, 0.6) is 0 Å². The molecule has 0 unspecified atom stereocenters. The topological polar surface area (TPSA) is 88.8 Å². The molecule has 1 saturated heterocycles. The fraction of sp³-hybridized carbons (Fsp3) is 0.318. The molecule has 8 heteroatoms. The molecule has 4 rings (SSSR count). The van der Waals surface area contributed by atoms with Crippen molar-refractivity contribution in [2.24, 2.45) is 7.05 Å². The molecule has 4 heterocycles. The Kier molecular flexibility index (Phi) is 5.83. The van der Waals surface area contributed by atoms with E-state index in [0.29, 0.717) is 18.2 Å². The Hall–Kier alpha value is -3.55. The lowest BCUT2D eigenvalue weighted by molar-refractivity contribution is -0.129. The van der Waals surface area contributed by atoms with Crippen molar-refractivity contribution in [3.63, 3.8) is 0 Å². The Balaban J connectivity index is 1.57. The Morgan fingerprint density at radius 1 is 1.17 bits per heavy atom. The van der Waals surface area contributed by atoms with Crippen molar-refractivity contribution in [2.75, 3.05) is 11.9 Å². The molecule has 0 saturated carbocycles. The van der Waals surface area contributed by atoms with Crippen LogP contribution in [0.15, 0.2) is 48.8 Å². The number of aromatic nitrogens is 5. The van der Waals surface area contributed by atoms with Gasteiger partial charge in [0.05, 0.1) is 11.7 Å². The van der Waals surface area contributed by atoms with Crippen molar-refractivity contribution in [3.8, 4) is 0 Å². The van der Waals surface area contributed by atoms with Crippen LogP contribution < -0.4 is 5.32 Å². The van der Waals surface area contributed by atoms with Gasteiger partial charge in [-0.2, -0.15) is 5.10 Å². The third-order valence-corrected chi connectivity index (χ3v) is 5.13. The molecule has 1 aliphatic rings. The van der Waals surface area contributed by atoms with Crippen molar-refractivity contribution in [3.05, 3.63) is 66.0 Å². The molecule has 3 aromatic rings. The largest absolute Gasteiger partial charge is 0.329 e. The number of hydrogen-bond donors (Lipinski definition) is 1. The van der Waals surface area contributed by atoms with Crippen LogP contribution >= 0.6 is 0 Å². The van der Waals surface area contributed by atoms with Gasteiger partial charge in [0.15, 0.2) is 5.82 Å². The molecule has 0 aromatic carbocycles. The number of carbonyl (C=O) groups is 1. The van der Waals surface area contributed by atoms with Gasteiger partial charge in [-0.1, -0.05) is 6.07 Å². The highest BCUT2D eigenvalue weighted by atomic mass is 16.2. The summed E-state index contributed by atoms with van der Waals surface area (Å²) in [6.07, 6.45) is 9.72. The first-order valence-corrected chi connectivity index (χ1v) is 10.1. The van der Waals surface area contributed by atoms with Gasteiger partial charge in [0.2, 0.25) is 5.91 Å². The van der Waals surface area contributed by atoms with Crippen LogP contribution in [0.25, 0.3) is 6.08 Å². The maximum Gasteiger partial charge on any atom is 0.247 e. The first-order valence-electron chi connectivity index (χ1n) is 10.1. The fourth-order valence-electron chi connectivity index (χ4n) is 3.64. The summed E-state index contributed by atoms with van der Waals surface area (Å²) in [6, 6.07) is 9.28. The van der Waals surface area contributed by atoms with Crippen LogP contribution in [0.1, 0.15) is 42.5 Å². The zero-order valence-electron chi connectivity index (χ0n) is 17.2. The van der Waals surface area contributed by atoms with E-state index in [2.05, 4.69) is 20.4 Å². The van der Waals surface area contributed by atoms with Crippen LogP contribution in [0, 0.1) is 6.92 Å². The first-order chi connectivity index (χ1) is 14.6. The van der Waals surface area contributed by atoms with Crippen molar-refractivity contribution in [2.45, 2.75) is 32.2 Å². The lowest BCUT2D eigenvalue weighted by Gasteiger charge is -2.34. The van der Waals surface area contributed by atoms with Gasteiger partial charge in [-0.3, -0.25) is 9.48 Å². The Morgan fingerprint density at radius 2 is 2.07 bits per heavy atom. The highest BCUT2D eigenvalue weighted by Crippen LogP contribution is 2.30. The number of amides is 1. The molecule has 0 radical (unpaired) electrons. The number of aryl methyl sites for hydroxylation is 2. The van der Waals surface area contributed by atoms with Gasteiger partial charge in [-0.25, -0.2) is 15.0 Å². The summed E-state index contributed by atoms with van der Waals surface area (Å²) in [4.78, 5) is 28.5. The van der Waals surface area contributed by atoms with Crippen LogP contribution in [-0.2, 0) is 11.8 Å². The maximum absolute atomic E-state index is 13.0. The van der Waals surface area contributed by atoms with Crippen LogP contribution in [0.2, 0.25) is 0 Å². The van der Waals surface area contributed by atoms with Gasteiger partial charge in [0.1, 0.15) is 11.6 Å². The van der Waals surface area contributed by atoms with E-state index in [4.69, 9.17) is 4.98 Å². The molecular formula is C22H25N7O. The second-order valence-electron chi connectivity index (χ2n) is 7.35. The minimum atomic E-state index is -0.147. The van der Waals surface area contributed by atoms with E-state index in [-0.39, 0.29) is 11.9 Å². The number of pyridine rings is 1. The summed E-state index contributed by atoms with van der Waals surface area (Å²) in [7, 11) is 1.85. The van der Waals surface area contributed by atoms with Gasteiger partial charge >= 0.3 is 0 Å². The van der Waals surface area contributed by atoms with Gasteiger partial charge < -0.3 is 10.2 Å². The third kappa shape index (κ3) is 4.53.